The van der Waals surface area contributed by atoms with E-state index in [1.165, 1.54) is 131 Å². The monoisotopic (exact) mass is 1810 g/mol. The van der Waals surface area contributed by atoms with Gasteiger partial charge in [0.2, 0.25) is 39.0 Å². The summed E-state index contributed by atoms with van der Waals surface area (Å²) in [5.74, 6) is -0.514. The number of anilines is 8. The van der Waals surface area contributed by atoms with Crippen molar-refractivity contribution in [3.05, 3.63) is 264 Å². The first-order valence-corrected chi connectivity index (χ1v) is 45.6. The van der Waals surface area contributed by atoms with Gasteiger partial charge in [-0.05, 0) is 169 Å². The Bertz CT molecular complexity index is 6600. The summed E-state index contributed by atoms with van der Waals surface area (Å²) in [6, 6.07) is 51.5. The van der Waals surface area contributed by atoms with E-state index in [9.17, 15) is 57.2 Å². The van der Waals surface area contributed by atoms with Gasteiger partial charge in [0, 0.05) is 149 Å². The Labute approximate surface area is 712 Å². The predicted molar refractivity (Wildman–Crippen MR) is 462 cm³/mol. The maximum absolute atomic E-state index is 14.0. The number of nitrogens with zero attached hydrogens (tertiary/aromatic N) is 11. The summed E-state index contributed by atoms with van der Waals surface area (Å²) in [6.07, 6.45) is 12.2. The molecule has 0 saturated carbocycles. The number of ether oxygens (including phenoxy) is 1. The van der Waals surface area contributed by atoms with Crippen LogP contribution in [0.2, 0.25) is 10.0 Å². The molecule has 1 aliphatic rings. The molecule has 43 heteroatoms. The number of amides is 4. The molecule has 0 atom stereocenters. The molecule has 0 saturated heterocycles. The SMILES string of the molecule is COc1ccc2ccn(CCC(=O)Nc3ccc(S(=O)(=O)Nc4nccs4)cc3)c2c1.O=C(CCn1ccc2cc(Cl)c(Cl)cc21)Nc1ccc(S(=O)(=O)Nc2ncns2)cc1.O=C(CN1CCc2ccccc2C1)Nc1ccc(S(=O)(=O)Nc2ncns2)cc1.O=C(Cn1ccc2cccc(F)c21)Nc1ccc(S(=O)(=O)Nc2ncns2)cc1. The molecule has 32 nitrogen and oxygen atoms in total. The quantitative estimate of drug-likeness (QED) is 0.0237. The number of hydrogen-bond donors (Lipinski definition) is 8. The molecule has 120 heavy (non-hydrogen) atoms. The molecule has 8 heterocycles. The number of carbonyl (C=O) groups excluding carboxylic acids is 4. The van der Waals surface area contributed by atoms with Crippen molar-refractivity contribution in [3.63, 3.8) is 0 Å². The first-order chi connectivity index (χ1) is 57.7. The number of carbonyl (C=O) groups is 4. The van der Waals surface area contributed by atoms with Crippen LogP contribution in [-0.4, -0.2) is 129 Å². The van der Waals surface area contributed by atoms with E-state index in [-0.39, 0.29) is 84.5 Å². The molecular weight excluding hydrogens is 1750 g/mol. The van der Waals surface area contributed by atoms with E-state index in [0.29, 0.717) is 61.9 Å². The minimum Gasteiger partial charge on any atom is -0.497 e. The summed E-state index contributed by atoms with van der Waals surface area (Å²) in [4.78, 5) is 67.1. The van der Waals surface area contributed by atoms with Crippen LogP contribution in [0.5, 0.6) is 5.75 Å². The van der Waals surface area contributed by atoms with Gasteiger partial charge in [-0.15, -0.1) is 11.3 Å². The van der Waals surface area contributed by atoms with Crippen molar-refractivity contribution in [2.24, 2.45) is 0 Å². The summed E-state index contributed by atoms with van der Waals surface area (Å²) in [5.41, 5.74) is 6.81. The number of halogens is 3. The molecule has 0 spiro atoms. The fraction of sp³-hybridized carbons (Fsp3) is 0.130. The number of methoxy groups -OCH3 is 1. The van der Waals surface area contributed by atoms with Gasteiger partial charge in [0.25, 0.3) is 40.1 Å². The van der Waals surface area contributed by atoms with Gasteiger partial charge < -0.3 is 39.7 Å². The van der Waals surface area contributed by atoms with Gasteiger partial charge in [0.1, 0.15) is 37.1 Å². The van der Waals surface area contributed by atoms with Gasteiger partial charge in [0.05, 0.1) is 54.3 Å². The number of rotatable bonds is 27. The molecule has 0 radical (unpaired) electrons. The van der Waals surface area contributed by atoms with Crippen molar-refractivity contribution in [1.29, 1.82) is 0 Å². The largest absolute Gasteiger partial charge is 0.497 e. The molecule has 15 aromatic rings. The van der Waals surface area contributed by atoms with E-state index >= 15 is 0 Å². The Hall–Kier alpha value is -12.2. The lowest BCUT2D eigenvalue weighted by Crippen LogP contribution is -2.37. The third kappa shape index (κ3) is 22.8. The first kappa shape index (κ1) is 85.7. The number of nitrogens with one attached hydrogen (secondary N) is 8. The zero-order chi connectivity index (χ0) is 84.6. The van der Waals surface area contributed by atoms with Crippen molar-refractivity contribution in [3.8, 4) is 5.75 Å². The molecule has 0 unspecified atom stereocenters. The molecule has 0 bridgehead atoms. The van der Waals surface area contributed by atoms with Gasteiger partial charge in [-0.2, -0.15) is 13.1 Å². The highest BCUT2D eigenvalue weighted by atomic mass is 35.5. The van der Waals surface area contributed by atoms with Crippen molar-refractivity contribution in [2.75, 3.05) is 60.4 Å². The van der Waals surface area contributed by atoms with Crippen LogP contribution in [0.15, 0.2) is 257 Å². The highest BCUT2D eigenvalue weighted by Crippen LogP contribution is 2.31. The Morgan fingerprint density at radius 2 is 0.883 bits per heavy atom. The number of aromatic nitrogens is 10. The zero-order valence-electron chi connectivity index (χ0n) is 62.5. The van der Waals surface area contributed by atoms with Gasteiger partial charge in [-0.25, -0.2) is 58.0 Å². The van der Waals surface area contributed by atoms with Crippen LogP contribution >= 0.6 is 69.1 Å². The van der Waals surface area contributed by atoms with Crippen molar-refractivity contribution in [1.82, 2.24) is 51.7 Å². The normalized spacial score (nSPS) is 12.1. The van der Waals surface area contributed by atoms with Gasteiger partial charge in [-0.3, -0.25) is 43.0 Å². The van der Waals surface area contributed by atoms with Crippen molar-refractivity contribution < 1.29 is 62.0 Å². The second-order valence-corrected chi connectivity index (χ2v) is 36.7. The molecule has 4 amide bonds. The minimum absolute atomic E-state index is 0.0178. The van der Waals surface area contributed by atoms with E-state index in [2.05, 4.69) is 90.2 Å². The standard InChI is InChI=1S/C21H20N4O4S2.C19H15Cl2N5O3S2.C19H19N5O3S2.C18H14FN5O3S2/c1-29-17-5-2-15-8-11-25(19(15)14-17)12-9-20(26)23-16-3-6-18(7-4-16)31(27,28)24-21-22-10-13-30-21;20-15-9-12-5-7-26(17(12)10-16(15)21)8-6-18(27)24-13-1-3-14(4-2-13)31(28,29)25-19-22-11-23-30-19;25-18(12-24-10-9-14-3-1-2-4-15(14)11-24)22-16-5-7-17(8-6-16)29(26,27)23-19-20-13-21-28-19;19-15-3-1-2-12-8-9-24(17(12)15)10-16(25)22-13-4-6-14(7-5-13)29(26,27)23-18-20-11-21-28-18/h2-8,10-11,13-14H,9,12H2,1H3,(H,22,24)(H,23,26);1-5,7,9-11H,6,8H2,(H,24,27)(H,22,23,25);1-8,13H,9-12H2,(H,22,25)(H,20,21,23);1-9,11H,10H2,(H,22,25)(H,20,21,23). The molecular formula is C77H68Cl2FN19O13S8. The molecule has 7 aromatic heterocycles. The van der Waals surface area contributed by atoms with Crippen LogP contribution < -0.4 is 44.9 Å². The highest BCUT2D eigenvalue weighted by Gasteiger charge is 2.23. The molecule has 8 N–H and O–H groups in total. The summed E-state index contributed by atoms with van der Waals surface area (Å²) in [7, 11) is -13.4. The van der Waals surface area contributed by atoms with Crippen LogP contribution in [0.3, 0.4) is 0 Å². The minimum atomic E-state index is -3.80. The second kappa shape index (κ2) is 38.7. The summed E-state index contributed by atoms with van der Waals surface area (Å²) in [5, 5.41) is 17.2. The smallest absolute Gasteiger partial charge is 0.263 e. The van der Waals surface area contributed by atoms with E-state index in [1.54, 1.807) is 73.3 Å². The van der Waals surface area contributed by atoms with Crippen LogP contribution in [-0.2, 0) is 91.9 Å². The number of benzene rings is 8. The first-order valence-electron chi connectivity index (χ1n) is 35.7. The van der Waals surface area contributed by atoms with Gasteiger partial charge >= 0.3 is 0 Å². The van der Waals surface area contributed by atoms with Gasteiger partial charge in [-0.1, -0.05) is 59.6 Å². The Balaban J connectivity index is 0.000000138. The molecule has 8 aromatic carbocycles. The van der Waals surface area contributed by atoms with E-state index in [0.717, 1.165) is 81.7 Å². The highest BCUT2D eigenvalue weighted by molar-refractivity contribution is 7.93. The fourth-order valence-electron chi connectivity index (χ4n) is 12.0. The summed E-state index contributed by atoms with van der Waals surface area (Å²) >= 11 is 16.1. The Morgan fingerprint density at radius 3 is 1.35 bits per heavy atom. The molecule has 16 rings (SSSR count). The fourth-order valence-corrected chi connectivity index (χ4v) is 19.1. The number of hydrogen-bond acceptors (Lipinski definition) is 25. The maximum Gasteiger partial charge on any atom is 0.263 e. The summed E-state index contributed by atoms with van der Waals surface area (Å²) in [6.45, 7) is 2.74. The van der Waals surface area contributed by atoms with Crippen LogP contribution in [0.1, 0.15) is 24.0 Å². The Kier molecular flexibility index (Phi) is 27.6. The predicted octanol–water partition coefficient (Wildman–Crippen LogP) is 14.0. The Morgan fingerprint density at radius 1 is 0.450 bits per heavy atom. The van der Waals surface area contributed by atoms with Crippen LogP contribution in [0.25, 0.3) is 32.7 Å². The number of fused-ring (bicyclic) bond motifs is 4. The average molecular weight is 1810 g/mol. The lowest BCUT2D eigenvalue weighted by molar-refractivity contribution is -0.118. The average Bonchev–Trinajstić information content (AvgIpc) is 1.77. The van der Waals surface area contributed by atoms with Crippen LogP contribution in [0.4, 0.5) is 47.7 Å². The number of sulfonamides is 4. The maximum atomic E-state index is 14.0. The third-order valence-corrected chi connectivity index (χ3v) is 26.9. The molecule has 0 fully saturated rings. The zero-order valence-corrected chi connectivity index (χ0v) is 70.6. The topological polar surface area (TPSA) is 419 Å². The van der Waals surface area contributed by atoms with E-state index in [1.807, 2.05) is 64.0 Å². The van der Waals surface area contributed by atoms with Crippen LogP contribution in [0, 0.1) is 5.82 Å². The van der Waals surface area contributed by atoms with Crippen molar-refractivity contribution in [2.45, 2.75) is 65.0 Å². The van der Waals surface area contributed by atoms with E-state index < -0.39 is 45.9 Å². The molecule has 1 aliphatic heterocycles. The lowest BCUT2D eigenvalue weighted by atomic mass is 10.00. The van der Waals surface area contributed by atoms with Crippen molar-refractivity contribution >= 4 is 209 Å². The lowest BCUT2D eigenvalue weighted by Gasteiger charge is -2.28. The van der Waals surface area contributed by atoms with Gasteiger partial charge in [0.15, 0.2) is 5.13 Å². The molecule has 0 aliphatic carbocycles. The second-order valence-electron chi connectivity index (χ2n) is 25.9. The number of para-hydroxylation sites is 1. The molecule has 618 valence electrons. The van der Waals surface area contributed by atoms with E-state index in [4.69, 9.17) is 27.9 Å². The number of aryl methyl sites for hydroxylation is 2. The third-order valence-electron chi connectivity index (χ3n) is 17.8. The number of thiazole rings is 1. The summed E-state index contributed by atoms with van der Waals surface area (Å²) < 4.78 is 144.